The van der Waals surface area contributed by atoms with Gasteiger partial charge < -0.3 is 14.2 Å². The quantitative estimate of drug-likeness (QED) is 0.373. The summed E-state index contributed by atoms with van der Waals surface area (Å²) in [6.45, 7) is 0. The summed E-state index contributed by atoms with van der Waals surface area (Å²) in [4.78, 5) is 0. The molecule has 0 radical (unpaired) electrons. The largest absolute Gasteiger partial charge is 0.447 e. The highest BCUT2D eigenvalue weighted by molar-refractivity contribution is 5.31. The van der Waals surface area contributed by atoms with Crippen LogP contribution < -0.4 is 14.2 Å². The van der Waals surface area contributed by atoms with E-state index in [0.29, 0.717) is 17.2 Å². The fourth-order valence-corrected chi connectivity index (χ4v) is 2.81. The van der Waals surface area contributed by atoms with Crippen molar-refractivity contribution in [2.75, 3.05) is 0 Å². The minimum atomic E-state index is -1.49. The molecule has 0 fully saturated rings. The molecule has 0 aliphatic rings. The Balaban J connectivity index is 1.82. The van der Waals surface area contributed by atoms with E-state index in [1.807, 2.05) is 121 Å². The molecule has 0 aromatic heterocycles. The Labute approximate surface area is 164 Å². The van der Waals surface area contributed by atoms with E-state index < -0.39 is 5.97 Å². The summed E-state index contributed by atoms with van der Waals surface area (Å²) in [5.41, 5.74) is 0.742. The van der Waals surface area contributed by atoms with E-state index in [1.54, 1.807) is 0 Å². The van der Waals surface area contributed by atoms with E-state index in [9.17, 15) is 0 Å². The van der Waals surface area contributed by atoms with Crippen molar-refractivity contribution in [2.45, 2.75) is 5.97 Å². The van der Waals surface area contributed by atoms with Crippen molar-refractivity contribution in [1.82, 2.24) is 0 Å². The molecule has 4 aromatic rings. The summed E-state index contributed by atoms with van der Waals surface area (Å²) in [5.74, 6) is 0.417. The van der Waals surface area contributed by atoms with E-state index in [2.05, 4.69) is 0 Å². The number of rotatable bonds is 7. The van der Waals surface area contributed by atoms with Crippen LogP contribution >= 0.6 is 0 Å². The number of hydrogen-bond donors (Lipinski definition) is 0. The van der Waals surface area contributed by atoms with E-state index in [1.165, 1.54) is 0 Å². The van der Waals surface area contributed by atoms with Crippen LogP contribution in [0.15, 0.2) is 121 Å². The van der Waals surface area contributed by atoms with Gasteiger partial charge in [-0.2, -0.15) is 0 Å². The Morgan fingerprint density at radius 1 is 0.357 bits per heavy atom. The van der Waals surface area contributed by atoms with Gasteiger partial charge in [-0.1, -0.05) is 72.8 Å². The maximum Gasteiger partial charge on any atom is 0.447 e. The summed E-state index contributed by atoms with van der Waals surface area (Å²) in [6, 6.07) is 38.2. The van der Waals surface area contributed by atoms with Crippen molar-refractivity contribution in [3.05, 3.63) is 127 Å². The van der Waals surface area contributed by atoms with Gasteiger partial charge in [0.1, 0.15) is 17.2 Å². The fourth-order valence-electron chi connectivity index (χ4n) is 2.81. The number of para-hydroxylation sites is 3. The zero-order valence-corrected chi connectivity index (χ0v) is 15.3. The standard InChI is InChI=1S/C25H20O3/c1-5-13-21(14-6-1)25(26-22-15-7-2-8-16-22,27-23-17-9-3-10-18-23)28-24-19-11-4-12-20-24/h1-20H. The molecular weight excluding hydrogens is 348 g/mol. The van der Waals surface area contributed by atoms with Gasteiger partial charge in [0.25, 0.3) is 0 Å². The molecule has 0 heterocycles. The smallest absolute Gasteiger partial charge is 0.417 e. The third-order valence-electron chi connectivity index (χ3n) is 4.11. The zero-order chi connectivity index (χ0) is 19.1. The van der Waals surface area contributed by atoms with Gasteiger partial charge in [0.2, 0.25) is 0 Å². The van der Waals surface area contributed by atoms with Crippen LogP contribution in [0.1, 0.15) is 5.56 Å². The van der Waals surface area contributed by atoms with Crippen LogP contribution in [0.4, 0.5) is 0 Å². The minimum absolute atomic E-state index is 0.637. The Bertz CT molecular complexity index is 870. The second-order valence-electron chi connectivity index (χ2n) is 6.17. The number of ether oxygens (including phenoxy) is 3. The van der Waals surface area contributed by atoms with Gasteiger partial charge in [0, 0.05) is 0 Å². The fraction of sp³-hybridized carbons (Fsp3) is 0.0400. The van der Waals surface area contributed by atoms with Crippen LogP contribution in [0, 0.1) is 0 Å². The average Bonchev–Trinajstić information content (AvgIpc) is 2.76. The third kappa shape index (κ3) is 4.15. The molecule has 4 aromatic carbocycles. The van der Waals surface area contributed by atoms with Gasteiger partial charge in [0.05, 0.1) is 5.56 Å². The highest BCUT2D eigenvalue weighted by Crippen LogP contribution is 2.34. The molecule has 0 bridgehead atoms. The first kappa shape index (κ1) is 17.7. The molecule has 0 aliphatic heterocycles. The number of benzene rings is 4. The first-order valence-corrected chi connectivity index (χ1v) is 9.12. The Hall–Kier alpha value is -3.72. The molecule has 0 unspecified atom stereocenters. The topological polar surface area (TPSA) is 27.7 Å². The van der Waals surface area contributed by atoms with Crippen LogP contribution in [-0.4, -0.2) is 0 Å². The number of hydrogen-bond acceptors (Lipinski definition) is 3. The summed E-state index contributed by atoms with van der Waals surface area (Å²) >= 11 is 0. The molecule has 3 nitrogen and oxygen atoms in total. The summed E-state index contributed by atoms with van der Waals surface area (Å²) < 4.78 is 19.1. The predicted octanol–water partition coefficient (Wildman–Crippen LogP) is 6.03. The van der Waals surface area contributed by atoms with Crippen LogP contribution in [0.5, 0.6) is 17.2 Å². The van der Waals surface area contributed by atoms with Crippen LogP contribution in [0.25, 0.3) is 0 Å². The van der Waals surface area contributed by atoms with Crippen LogP contribution in [-0.2, 0) is 5.97 Å². The monoisotopic (exact) mass is 368 g/mol. The molecule has 0 N–H and O–H groups in total. The molecule has 0 spiro atoms. The molecule has 0 atom stereocenters. The van der Waals surface area contributed by atoms with Crippen molar-refractivity contribution in [3.8, 4) is 17.2 Å². The van der Waals surface area contributed by atoms with Gasteiger partial charge in [-0.05, 0) is 48.5 Å². The average molecular weight is 368 g/mol. The van der Waals surface area contributed by atoms with E-state index in [4.69, 9.17) is 14.2 Å². The Morgan fingerprint density at radius 2 is 0.643 bits per heavy atom. The van der Waals surface area contributed by atoms with Crippen LogP contribution in [0.3, 0.4) is 0 Å². The highest BCUT2D eigenvalue weighted by Gasteiger charge is 2.41. The van der Waals surface area contributed by atoms with Crippen molar-refractivity contribution < 1.29 is 14.2 Å². The molecule has 0 amide bonds. The second kappa shape index (κ2) is 8.31. The summed E-state index contributed by atoms with van der Waals surface area (Å²) in [5, 5.41) is 0. The third-order valence-corrected chi connectivity index (χ3v) is 4.11. The molecule has 0 aliphatic carbocycles. The zero-order valence-electron chi connectivity index (χ0n) is 15.3. The minimum Gasteiger partial charge on any atom is -0.417 e. The lowest BCUT2D eigenvalue weighted by Crippen LogP contribution is -2.45. The van der Waals surface area contributed by atoms with Crippen molar-refractivity contribution >= 4 is 0 Å². The molecule has 0 saturated heterocycles. The SMILES string of the molecule is c1ccc(OC(Oc2ccccc2)(Oc2ccccc2)c2ccccc2)cc1. The normalized spacial score (nSPS) is 10.9. The van der Waals surface area contributed by atoms with Crippen molar-refractivity contribution in [1.29, 1.82) is 0 Å². The molecular formula is C25H20O3. The van der Waals surface area contributed by atoms with Crippen molar-refractivity contribution in [3.63, 3.8) is 0 Å². The lowest BCUT2D eigenvalue weighted by molar-refractivity contribution is -0.263. The first-order chi connectivity index (χ1) is 13.8. The van der Waals surface area contributed by atoms with Gasteiger partial charge in [0.15, 0.2) is 0 Å². The van der Waals surface area contributed by atoms with Gasteiger partial charge in [-0.3, -0.25) is 0 Å². The molecule has 0 saturated carbocycles. The summed E-state index contributed by atoms with van der Waals surface area (Å²) in [6.07, 6.45) is 0. The molecule has 3 heteroatoms. The lowest BCUT2D eigenvalue weighted by atomic mass is 10.1. The molecule has 28 heavy (non-hydrogen) atoms. The lowest BCUT2D eigenvalue weighted by Gasteiger charge is -2.34. The maximum atomic E-state index is 6.35. The van der Waals surface area contributed by atoms with Gasteiger partial charge in [-0.15, -0.1) is 0 Å². The first-order valence-electron chi connectivity index (χ1n) is 9.12. The van der Waals surface area contributed by atoms with Crippen molar-refractivity contribution in [2.24, 2.45) is 0 Å². The predicted molar refractivity (Wildman–Crippen MR) is 109 cm³/mol. The van der Waals surface area contributed by atoms with Gasteiger partial charge in [-0.25, -0.2) is 0 Å². The molecule has 4 rings (SSSR count). The van der Waals surface area contributed by atoms with Crippen LogP contribution in [0.2, 0.25) is 0 Å². The second-order valence-corrected chi connectivity index (χ2v) is 6.17. The highest BCUT2D eigenvalue weighted by atomic mass is 16.9. The van der Waals surface area contributed by atoms with E-state index in [-0.39, 0.29) is 0 Å². The Morgan fingerprint density at radius 3 is 0.964 bits per heavy atom. The van der Waals surface area contributed by atoms with Gasteiger partial charge >= 0.3 is 5.97 Å². The Kier molecular flexibility index (Phi) is 5.25. The van der Waals surface area contributed by atoms with E-state index in [0.717, 1.165) is 5.56 Å². The maximum absolute atomic E-state index is 6.35. The molecule has 138 valence electrons. The van der Waals surface area contributed by atoms with E-state index >= 15 is 0 Å². The summed E-state index contributed by atoms with van der Waals surface area (Å²) in [7, 11) is 0.